The molecule has 25 heavy (non-hydrogen) atoms. The highest BCUT2D eigenvalue weighted by molar-refractivity contribution is 5.87. The molecule has 0 aliphatic rings. The van der Waals surface area contributed by atoms with Crippen molar-refractivity contribution < 1.29 is 9.50 Å². The summed E-state index contributed by atoms with van der Waals surface area (Å²) in [6.45, 7) is 1.96. The van der Waals surface area contributed by atoms with Crippen molar-refractivity contribution in [2.75, 3.05) is 0 Å². The Morgan fingerprint density at radius 2 is 1.76 bits per heavy atom. The normalized spacial score (nSPS) is 12.4. The van der Waals surface area contributed by atoms with Gasteiger partial charge in [-0.2, -0.15) is 0 Å². The minimum Gasteiger partial charge on any atom is -0.380 e. The van der Waals surface area contributed by atoms with E-state index < -0.39 is 6.10 Å². The maximum atomic E-state index is 14.0. The first-order valence-corrected chi connectivity index (χ1v) is 8.11. The van der Waals surface area contributed by atoms with E-state index in [-0.39, 0.29) is 5.82 Å². The van der Waals surface area contributed by atoms with E-state index in [1.54, 1.807) is 24.4 Å². The molecule has 1 heterocycles. The van der Waals surface area contributed by atoms with E-state index in [4.69, 9.17) is 0 Å². The van der Waals surface area contributed by atoms with Crippen LogP contribution in [0.15, 0.2) is 66.9 Å². The molecule has 3 aromatic carbocycles. The molecule has 1 aromatic heterocycles. The Labute approximate surface area is 144 Å². The molecule has 1 atom stereocenters. The van der Waals surface area contributed by atoms with Gasteiger partial charge in [-0.15, -0.1) is 0 Å². The number of rotatable bonds is 3. The molecule has 3 nitrogen and oxygen atoms in total. The number of hydrogen-bond acceptors (Lipinski definition) is 2. The van der Waals surface area contributed by atoms with Crippen molar-refractivity contribution in [1.82, 2.24) is 9.97 Å². The van der Waals surface area contributed by atoms with Crippen LogP contribution in [-0.2, 0) is 0 Å². The van der Waals surface area contributed by atoms with Gasteiger partial charge in [0, 0.05) is 5.56 Å². The van der Waals surface area contributed by atoms with Crippen LogP contribution in [0.3, 0.4) is 0 Å². The van der Waals surface area contributed by atoms with Crippen LogP contribution in [0.2, 0.25) is 0 Å². The first-order chi connectivity index (χ1) is 12.1. The van der Waals surface area contributed by atoms with Gasteiger partial charge in [0.15, 0.2) is 0 Å². The molecule has 1 unspecified atom stereocenters. The predicted molar refractivity (Wildman–Crippen MR) is 96.7 cm³/mol. The van der Waals surface area contributed by atoms with Gasteiger partial charge in [0.2, 0.25) is 0 Å². The van der Waals surface area contributed by atoms with Gasteiger partial charge in [0.05, 0.1) is 11.9 Å². The topological polar surface area (TPSA) is 48.9 Å². The molecule has 0 aliphatic carbocycles. The largest absolute Gasteiger partial charge is 0.380 e. The predicted octanol–water partition coefficient (Wildman–Crippen LogP) is 4.76. The highest BCUT2D eigenvalue weighted by Gasteiger charge is 2.20. The average molecular weight is 332 g/mol. The van der Waals surface area contributed by atoms with Gasteiger partial charge < -0.3 is 10.1 Å². The highest BCUT2D eigenvalue weighted by atomic mass is 19.1. The molecule has 0 fully saturated rings. The van der Waals surface area contributed by atoms with Crippen LogP contribution in [-0.4, -0.2) is 15.1 Å². The van der Waals surface area contributed by atoms with Crippen molar-refractivity contribution in [2.24, 2.45) is 0 Å². The fourth-order valence-corrected chi connectivity index (χ4v) is 3.20. The Bertz CT molecular complexity index is 1050. The number of fused-ring (bicyclic) bond motifs is 1. The second-order valence-corrected chi connectivity index (χ2v) is 6.08. The van der Waals surface area contributed by atoms with Crippen molar-refractivity contribution in [2.45, 2.75) is 13.0 Å². The van der Waals surface area contributed by atoms with Crippen molar-refractivity contribution in [1.29, 1.82) is 0 Å². The second-order valence-electron chi connectivity index (χ2n) is 6.08. The first-order valence-electron chi connectivity index (χ1n) is 8.11. The van der Waals surface area contributed by atoms with E-state index in [1.807, 2.05) is 43.3 Å². The third kappa shape index (κ3) is 2.71. The van der Waals surface area contributed by atoms with Gasteiger partial charge >= 0.3 is 0 Å². The Kier molecular flexibility index (Phi) is 3.82. The summed E-state index contributed by atoms with van der Waals surface area (Å²) in [5.74, 6) is 0.0752. The van der Waals surface area contributed by atoms with Crippen LogP contribution in [0.4, 0.5) is 4.39 Å². The Hall–Kier alpha value is -2.98. The monoisotopic (exact) mass is 332 g/mol. The van der Waals surface area contributed by atoms with E-state index in [9.17, 15) is 9.50 Å². The minimum atomic E-state index is -0.911. The van der Waals surface area contributed by atoms with Crippen molar-refractivity contribution in [3.63, 3.8) is 0 Å². The minimum absolute atomic E-state index is 0.325. The van der Waals surface area contributed by atoms with Gasteiger partial charge in [-0.25, -0.2) is 9.37 Å². The van der Waals surface area contributed by atoms with E-state index >= 15 is 0 Å². The molecule has 4 rings (SSSR count). The standard InChI is InChI=1S/C21H17FN2O/c1-13-10-11-14-6-2-3-7-15(14)19(13)20(25)21-23-12-18(24-21)16-8-4-5-9-17(16)22/h2-12,20,25H,1H3,(H,23,24). The van der Waals surface area contributed by atoms with E-state index in [0.717, 1.165) is 21.9 Å². The lowest BCUT2D eigenvalue weighted by Gasteiger charge is -2.15. The molecule has 0 bridgehead atoms. The zero-order valence-corrected chi connectivity index (χ0v) is 13.7. The molecule has 2 N–H and O–H groups in total. The number of nitrogens with zero attached hydrogens (tertiary/aromatic N) is 1. The summed E-state index contributed by atoms with van der Waals surface area (Å²) < 4.78 is 14.0. The highest BCUT2D eigenvalue weighted by Crippen LogP contribution is 2.31. The third-order valence-electron chi connectivity index (χ3n) is 4.48. The number of aliphatic hydroxyl groups is 1. The van der Waals surface area contributed by atoms with Crippen LogP contribution < -0.4 is 0 Å². The van der Waals surface area contributed by atoms with Gasteiger partial charge in [-0.05, 0) is 41.0 Å². The fraction of sp³-hybridized carbons (Fsp3) is 0.0952. The molecule has 0 aliphatic heterocycles. The smallest absolute Gasteiger partial charge is 0.140 e. The van der Waals surface area contributed by atoms with Crippen LogP contribution in [0, 0.1) is 12.7 Å². The first kappa shape index (κ1) is 15.5. The lowest BCUT2D eigenvalue weighted by Crippen LogP contribution is -2.05. The molecule has 0 amide bonds. The van der Waals surface area contributed by atoms with Crippen molar-refractivity contribution in [3.05, 3.63) is 89.6 Å². The number of aliphatic hydroxyl groups excluding tert-OH is 1. The molecule has 4 aromatic rings. The van der Waals surface area contributed by atoms with Crippen LogP contribution >= 0.6 is 0 Å². The maximum Gasteiger partial charge on any atom is 0.140 e. The maximum absolute atomic E-state index is 14.0. The molecular formula is C21H17FN2O. The van der Waals surface area contributed by atoms with Crippen molar-refractivity contribution >= 4 is 10.8 Å². The lowest BCUT2D eigenvalue weighted by atomic mass is 9.95. The number of aryl methyl sites for hydroxylation is 1. The number of benzene rings is 3. The molecule has 0 saturated carbocycles. The Morgan fingerprint density at radius 3 is 2.60 bits per heavy atom. The summed E-state index contributed by atoms with van der Waals surface area (Å²) in [7, 11) is 0. The summed E-state index contributed by atoms with van der Waals surface area (Å²) in [5, 5.41) is 13.0. The molecular weight excluding hydrogens is 315 g/mol. The summed E-state index contributed by atoms with van der Waals surface area (Å²) in [6, 6.07) is 18.4. The molecule has 0 radical (unpaired) electrons. The summed E-state index contributed by atoms with van der Waals surface area (Å²) in [6.07, 6.45) is 0.642. The third-order valence-corrected chi connectivity index (χ3v) is 4.48. The van der Waals surface area contributed by atoms with Crippen LogP contribution in [0.25, 0.3) is 22.0 Å². The molecule has 124 valence electrons. The van der Waals surface area contributed by atoms with E-state index in [1.165, 1.54) is 6.07 Å². The fourth-order valence-electron chi connectivity index (χ4n) is 3.20. The summed E-state index contributed by atoms with van der Waals surface area (Å²) in [5.41, 5.74) is 2.77. The zero-order chi connectivity index (χ0) is 17.4. The second kappa shape index (κ2) is 6.15. The summed E-state index contributed by atoms with van der Waals surface area (Å²) >= 11 is 0. The average Bonchev–Trinajstić information content (AvgIpc) is 3.11. The Morgan fingerprint density at radius 1 is 1.00 bits per heavy atom. The molecule has 4 heteroatoms. The number of imidazole rings is 1. The number of halogens is 1. The van der Waals surface area contributed by atoms with Crippen LogP contribution in [0.1, 0.15) is 23.1 Å². The van der Waals surface area contributed by atoms with E-state index in [0.29, 0.717) is 17.1 Å². The van der Waals surface area contributed by atoms with E-state index in [2.05, 4.69) is 9.97 Å². The SMILES string of the molecule is Cc1ccc2ccccc2c1C(O)c1ncc(-c2ccccc2F)[nH]1. The number of nitrogens with one attached hydrogen (secondary N) is 1. The quantitative estimate of drug-likeness (QED) is 0.568. The molecule has 0 spiro atoms. The van der Waals surface area contributed by atoms with Gasteiger partial charge in [-0.1, -0.05) is 48.5 Å². The Balaban J connectivity index is 1.80. The number of aromatic nitrogens is 2. The van der Waals surface area contributed by atoms with Gasteiger partial charge in [0.1, 0.15) is 17.7 Å². The number of H-pyrrole nitrogens is 1. The number of hydrogen-bond donors (Lipinski definition) is 2. The molecule has 0 saturated heterocycles. The lowest BCUT2D eigenvalue weighted by molar-refractivity contribution is 0.212. The zero-order valence-electron chi connectivity index (χ0n) is 13.7. The summed E-state index contributed by atoms with van der Waals surface area (Å²) in [4.78, 5) is 7.35. The van der Waals surface area contributed by atoms with Crippen molar-refractivity contribution in [3.8, 4) is 11.3 Å². The van der Waals surface area contributed by atoms with Crippen LogP contribution in [0.5, 0.6) is 0 Å². The van der Waals surface area contributed by atoms with Gasteiger partial charge in [-0.3, -0.25) is 0 Å². The van der Waals surface area contributed by atoms with Gasteiger partial charge in [0.25, 0.3) is 0 Å². The number of aromatic amines is 1.